The summed E-state index contributed by atoms with van der Waals surface area (Å²) in [5, 5.41) is 13.5. The van der Waals surface area contributed by atoms with Gasteiger partial charge in [0.2, 0.25) is 5.13 Å². The molecule has 1 N–H and O–H groups in total. The highest BCUT2D eigenvalue weighted by Gasteiger charge is 2.16. The van der Waals surface area contributed by atoms with Gasteiger partial charge in [0.1, 0.15) is 0 Å². The normalized spacial score (nSPS) is 16.6. The van der Waals surface area contributed by atoms with Crippen LogP contribution in [0.4, 0.5) is 5.13 Å². The minimum atomic E-state index is 0.791. The Morgan fingerprint density at radius 2 is 2.19 bits per heavy atom. The zero-order chi connectivity index (χ0) is 10.8. The lowest BCUT2D eigenvalue weighted by atomic mass is 10.4. The summed E-state index contributed by atoms with van der Waals surface area (Å²) in [6, 6.07) is 3.77. The molecule has 84 valence electrons. The molecule has 0 aliphatic carbocycles. The molecule has 16 heavy (non-hydrogen) atoms. The van der Waals surface area contributed by atoms with Gasteiger partial charge in [0, 0.05) is 26.2 Å². The Balaban J connectivity index is 1.82. The van der Waals surface area contributed by atoms with Crippen molar-refractivity contribution in [3.63, 3.8) is 0 Å². The second-order valence-corrected chi connectivity index (χ2v) is 4.56. The lowest BCUT2D eigenvalue weighted by Gasteiger charge is -2.26. The molecule has 1 fully saturated rings. The zero-order valence-electron chi connectivity index (χ0n) is 8.72. The maximum atomic E-state index is 5.30. The molecule has 5 nitrogen and oxygen atoms in total. The highest BCUT2D eigenvalue weighted by atomic mass is 32.1. The van der Waals surface area contributed by atoms with Crippen molar-refractivity contribution < 1.29 is 4.42 Å². The third-order valence-electron chi connectivity index (χ3n) is 2.53. The van der Waals surface area contributed by atoms with E-state index in [1.54, 1.807) is 17.6 Å². The van der Waals surface area contributed by atoms with Crippen molar-refractivity contribution in [1.29, 1.82) is 0 Å². The Hall–Kier alpha value is -1.40. The van der Waals surface area contributed by atoms with Gasteiger partial charge in [-0.05, 0) is 12.1 Å². The van der Waals surface area contributed by atoms with E-state index in [1.165, 1.54) is 0 Å². The van der Waals surface area contributed by atoms with Crippen LogP contribution in [0.25, 0.3) is 10.8 Å². The number of piperazine rings is 1. The zero-order valence-corrected chi connectivity index (χ0v) is 9.54. The first kappa shape index (κ1) is 9.80. The summed E-state index contributed by atoms with van der Waals surface area (Å²) >= 11 is 1.58. The molecule has 1 aliphatic rings. The van der Waals surface area contributed by atoms with Gasteiger partial charge in [0.05, 0.1) is 6.26 Å². The number of hydrogen-bond acceptors (Lipinski definition) is 6. The Kier molecular flexibility index (Phi) is 2.59. The molecule has 6 heteroatoms. The highest BCUT2D eigenvalue weighted by Crippen LogP contribution is 2.28. The van der Waals surface area contributed by atoms with E-state index in [2.05, 4.69) is 20.4 Å². The molecular weight excluding hydrogens is 224 g/mol. The van der Waals surface area contributed by atoms with Crippen LogP contribution in [0.2, 0.25) is 0 Å². The predicted molar refractivity (Wildman–Crippen MR) is 62.7 cm³/mol. The third kappa shape index (κ3) is 1.81. The highest BCUT2D eigenvalue weighted by molar-refractivity contribution is 7.18. The molecule has 2 aromatic rings. The summed E-state index contributed by atoms with van der Waals surface area (Å²) in [6.45, 7) is 4.00. The van der Waals surface area contributed by atoms with E-state index >= 15 is 0 Å². The molecule has 3 rings (SSSR count). The SMILES string of the molecule is c1coc(-c2nnc(N3CCNCC3)s2)c1. The fourth-order valence-electron chi connectivity index (χ4n) is 1.70. The minimum Gasteiger partial charge on any atom is -0.462 e. The molecule has 1 aliphatic heterocycles. The van der Waals surface area contributed by atoms with Crippen LogP contribution in [0.1, 0.15) is 0 Å². The molecule has 0 atom stereocenters. The average molecular weight is 236 g/mol. The summed E-state index contributed by atoms with van der Waals surface area (Å²) < 4.78 is 5.30. The Labute approximate surface area is 97.1 Å². The van der Waals surface area contributed by atoms with Gasteiger partial charge in [-0.25, -0.2) is 0 Å². The average Bonchev–Trinajstić information content (AvgIpc) is 3.01. The summed E-state index contributed by atoms with van der Waals surface area (Å²) in [5.74, 6) is 0.791. The van der Waals surface area contributed by atoms with E-state index in [1.807, 2.05) is 12.1 Å². The Morgan fingerprint density at radius 1 is 1.31 bits per heavy atom. The van der Waals surface area contributed by atoms with Gasteiger partial charge < -0.3 is 14.6 Å². The van der Waals surface area contributed by atoms with Gasteiger partial charge in [-0.3, -0.25) is 0 Å². The molecule has 0 amide bonds. The quantitative estimate of drug-likeness (QED) is 0.849. The van der Waals surface area contributed by atoms with Gasteiger partial charge in [-0.1, -0.05) is 11.3 Å². The van der Waals surface area contributed by atoms with E-state index in [0.717, 1.165) is 42.1 Å². The monoisotopic (exact) mass is 236 g/mol. The first-order valence-electron chi connectivity index (χ1n) is 5.26. The molecular formula is C10H12N4OS. The Bertz CT molecular complexity index is 447. The second-order valence-electron chi connectivity index (χ2n) is 3.60. The fourth-order valence-corrected chi connectivity index (χ4v) is 2.56. The van der Waals surface area contributed by atoms with Crippen molar-refractivity contribution in [3.05, 3.63) is 18.4 Å². The third-order valence-corrected chi connectivity index (χ3v) is 3.53. The van der Waals surface area contributed by atoms with E-state index < -0.39 is 0 Å². The fraction of sp³-hybridized carbons (Fsp3) is 0.400. The summed E-state index contributed by atoms with van der Waals surface area (Å²) in [4.78, 5) is 2.25. The van der Waals surface area contributed by atoms with Crippen LogP contribution in [-0.4, -0.2) is 36.4 Å². The van der Waals surface area contributed by atoms with Gasteiger partial charge in [0.25, 0.3) is 0 Å². The summed E-state index contributed by atoms with van der Waals surface area (Å²) in [5.41, 5.74) is 0. The minimum absolute atomic E-state index is 0.791. The number of nitrogens with zero attached hydrogens (tertiary/aromatic N) is 3. The van der Waals surface area contributed by atoms with Gasteiger partial charge in [-0.15, -0.1) is 10.2 Å². The number of anilines is 1. The molecule has 2 aromatic heterocycles. The van der Waals surface area contributed by atoms with Crippen LogP contribution in [0.15, 0.2) is 22.8 Å². The van der Waals surface area contributed by atoms with Crippen molar-refractivity contribution in [2.24, 2.45) is 0 Å². The smallest absolute Gasteiger partial charge is 0.208 e. The first-order chi connectivity index (χ1) is 7.93. The lowest BCUT2D eigenvalue weighted by molar-refractivity contribution is 0.580. The Morgan fingerprint density at radius 3 is 2.94 bits per heavy atom. The maximum absolute atomic E-state index is 5.30. The van der Waals surface area contributed by atoms with Crippen LogP contribution in [0.5, 0.6) is 0 Å². The summed E-state index contributed by atoms with van der Waals surface area (Å²) in [6.07, 6.45) is 1.65. The summed E-state index contributed by atoms with van der Waals surface area (Å²) in [7, 11) is 0. The van der Waals surface area contributed by atoms with Crippen molar-refractivity contribution in [1.82, 2.24) is 15.5 Å². The predicted octanol–water partition coefficient (Wildman–Crippen LogP) is 1.21. The first-order valence-corrected chi connectivity index (χ1v) is 6.08. The van der Waals surface area contributed by atoms with Crippen molar-refractivity contribution in [2.45, 2.75) is 0 Å². The van der Waals surface area contributed by atoms with Gasteiger partial charge >= 0.3 is 0 Å². The van der Waals surface area contributed by atoms with Crippen LogP contribution in [0.3, 0.4) is 0 Å². The van der Waals surface area contributed by atoms with Crippen molar-refractivity contribution in [2.75, 3.05) is 31.1 Å². The number of aromatic nitrogens is 2. The largest absolute Gasteiger partial charge is 0.462 e. The standard InChI is InChI=1S/C10H12N4OS/c1-2-8(15-7-1)9-12-13-10(16-9)14-5-3-11-4-6-14/h1-2,7,11H,3-6H2. The molecule has 0 bridgehead atoms. The van der Waals surface area contributed by atoms with Gasteiger partial charge in [0.15, 0.2) is 10.8 Å². The van der Waals surface area contributed by atoms with E-state index in [-0.39, 0.29) is 0 Å². The molecule has 0 spiro atoms. The lowest BCUT2D eigenvalue weighted by Crippen LogP contribution is -2.43. The number of furan rings is 1. The molecule has 0 aromatic carbocycles. The molecule has 0 saturated carbocycles. The number of nitrogens with one attached hydrogen (secondary N) is 1. The maximum Gasteiger partial charge on any atom is 0.208 e. The molecule has 0 radical (unpaired) electrons. The van der Waals surface area contributed by atoms with Crippen LogP contribution >= 0.6 is 11.3 Å². The van der Waals surface area contributed by atoms with Gasteiger partial charge in [-0.2, -0.15) is 0 Å². The molecule has 3 heterocycles. The number of rotatable bonds is 2. The number of hydrogen-bond donors (Lipinski definition) is 1. The van der Waals surface area contributed by atoms with E-state index in [4.69, 9.17) is 4.42 Å². The second kappa shape index (κ2) is 4.23. The van der Waals surface area contributed by atoms with Crippen molar-refractivity contribution in [3.8, 4) is 10.8 Å². The van der Waals surface area contributed by atoms with Crippen LogP contribution < -0.4 is 10.2 Å². The van der Waals surface area contributed by atoms with Crippen molar-refractivity contribution >= 4 is 16.5 Å². The molecule has 1 saturated heterocycles. The van der Waals surface area contributed by atoms with Crippen LogP contribution in [0, 0.1) is 0 Å². The van der Waals surface area contributed by atoms with E-state index in [9.17, 15) is 0 Å². The molecule has 0 unspecified atom stereocenters. The van der Waals surface area contributed by atoms with Crippen LogP contribution in [-0.2, 0) is 0 Å². The van der Waals surface area contributed by atoms with E-state index in [0.29, 0.717) is 0 Å². The topological polar surface area (TPSA) is 54.2 Å².